The van der Waals surface area contributed by atoms with Crippen LogP contribution in [0, 0.1) is 0 Å². The number of aromatic nitrogens is 4. The molecule has 2 aromatic carbocycles. The number of para-hydroxylation sites is 1. The van der Waals surface area contributed by atoms with Crippen LogP contribution < -0.4 is 5.32 Å². The van der Waals surface area contributed by atoms with E-state index in [4.69, 9.17) is 0 Å². The third-order valence-electron chi connectivity index (χ3n) is 3.25. The van der Waals surface area contributed by atoms with Gasteiger partial charge < -0.3 is 5.32 Å². The number of nitrogens with zero attached hydrogens (tertiary/aromatic N) is 4. The van der Waals surface area contributed by atoms with Gasteiger partial charge in [0.25, 0.3) is 0 Å². The smallest absolute Gasteiger partial charge is 0.325 e. The lowest BCUT2D eigenvalue weighted by atomic mass is 10.2. The molecular weight excluding hydrogens is 367 g/mol. The Hall–Kier alpha value is -2.88. The fourth-order valence-corrected chi connectivity index (χ4v) is 2.78. The number of anilines is 1. The number of halogens is 3. The number of alkyl halides is 3. The first kappa shape index (κ1) is 17.9. The first-order chi connectivity index (χ1) is 12.4. The highest BCUT2D eigenvalue weighted by Gasteiger charge is 2.30. The van der Waals surface area contributed by atoms with Crippen LogP contribution in [0.2, 0.25) is 0 Å². The van der Waals surface area contributed by atoms with Crippen molar-refractivity contribution in [2.45, 2.75) is 11.3 Å². The van der Waals surface area contributed by atoms with Crippen molar-refractivity contribution >= 4 is 23.4 Å². The Bertz CT molecular complexity index is 898. The molecule has 1 aromatic heterocycles. The number of rotatable bonds is 5. The Morgan fingerprint density at radius 2 is 1.88 bits per heavy atom. The van der Waals surface area contributed by atoms with Gasteiger partial charge in [0.05, 0.1) is 17.0 Å². The van der Waals surface area contributed by atoms with Crippen molar-refractivity contribution in [3.05, 3.63) is 60.2 Å². The second kappa shape index (κ2) is 7.56. The molecule has 1 N–H and O–H groups in total. The van der Waals surface area contributed by atoms with Gasteiger partial charge in [-0.05, 0) is 40.8 Å². The van der Waals surface area contributed by atoms with Crippen molar-refractivity contribution in [2.75, 3.05) is 11.1 Å². The van der Waals surface area contributed by atoms with Gasteiger partial charge in [0.1, 0.15) is 0 Å². The number of tetrazole rings is 1. The van der Waals surface area contributed by atoms with Crippen molar-refractivity contribution in [1.29, 1.82) is 0 Å². The zero-order valence-electron chi connectivity index (χ0n) is 13.1. The van der Waals surface area contributed by atoms with Gasteiger partial charge in [-0.25, -0.2) is 0 Å². The Balaban J connectivity index is 1.70. The maximum absolute atomic E-state index is 12.9. The lowest BCUT2D eigenvalue weighted by molar-refractivity contribution is -0.137. The largest absolute Gasteiger partial charge is 0.416 e. The molecule has 0 atom stereocenters. The fraction of sp³-hybridized carbons (Fsp3) is 0.125. The van der Waals surface area contributed by atoms with E-state index in [9.17, 15) is 18.0 Å². The first-order valence-corrected chi connectivity index (χ1v) is 8.36. The number of amides is 1. The highest BCUT2D eigenvalue weighted by atomic mass is 32.2. The molecule has 0 spiro atoms. The summed E-state index contributed by atoms with van der Waals surface area (Å²) in [6.07, 6.45) is -4.47. The van der Waals surface area contributed by atoms with Crippen LogP contribution in [0.5, 0.6) is 0 Å². The van der Waals surface area contributed by atoms with E-state index in [2.05, 4.69) is 20.8 Å². The molecule has 6 nitrogen and oxygen atoms in total. The van der Waals surface area contributed by atoms with E-state index in [0.29, 0.717) is 5.69 Å². The van der Waals surface area contributed by atoms with Crippen LogP contribution in [0.25, 0.3) is 5.69 Å². The maximum atomic E-state index is 12.9. The van der Waals surface area contributed by atoms with Crippen LogP contribution in [-0.4, -0.2) is 31.9 Å². The minimum absolute atomic E-state index is 0.00816. The van der Waals surface area contributed by atoms with E-state index in [-0.39, 0.29) is 22.5 Å². The summed E-state index contributed by atoms with van der Waals surface area (Å²) in [5.74, 6) is -0.270. The molecule has 3 rings (SSSR count). The van der Waals surface area contributed by atoms with Gasteiger partial charge in [-0.1, -0.05) is 36.0 Å². The lowest BCUT2D eigenvalue weighted by Crippen LogP contribution is -2.14. The second-order valence-corrected chi connectivity index (χ2v) is 6.07. The highest BCUT2D eigenvalue weighted by Crippen LogP contribution is 2.30. The molecule has 0 aliphatic rings. The summed E-state index contributed by atoms with van der Waals surface area (Å²) in [4.78, 5) is 12.0. The molecule has 10 heteroatoms. The molecule has 1 heterocycles. The summed E-state index contributed by atoms with van der Waals surface area (Å²) in [7, 11) is 0. The van der Waals surface area contributed by atoms with Crippen molar-refractivity contribution in [3.63, 3.8) is 0 Å². The molecule has 0 unspecified atom stereocenters. The summed E-state index contributed by atoms with van der Waals surface area (Å²) >= 11 is 1.02. The normalized spacial score (nSPS) is 11.3. The van der Waals surface area contributed by atoms with Crippen LogP contribution >= 0.6 is 11.8 Å². The molecule has 0 bridgehead atoms. The molecule has 0 saturated heterocycles. The van der Waals surface area contributed by atoms with E-state index in [1.54, 1.807) is 24.3 Å². The van der Waals surface area contributed by atoms with Crippen LogP contribution in [0.1, 0.15) is 5.56 Å². The van der Waals surface area contributed by atoms with Crippen molar-refractivity contribution in [1.82, 2.24) is 20.2 Å². The average Bonchev–Trinajstić information content (AvgIpc) is 3.09. The van der Waals surface area contributed by atoms with E-state index < -0.39 is 11.7 Å². The molecule has 0 aliphatic heterocycles. The van der Waals surface area contributed by atoms with Gasteiger partial charge in [-0.15, -0.1) is 5.10 Å². The molecule has 3 aromatic rings. The number of carbonyl (C=O) groups excluding carboxylic acids is 1. The molecule has 1 amide bonds. The van der Waals surface area contributed by atoms with Crippen LogP contribution in [-0.2, 0) is 11.0 Å². The number of thioether (sulfide) groups is 1. The molecular formula is C16H12F3N5OS. The van der Waals surface area contributed by atoms with E-state index >= 15 is 0 Å². The molecule has 134 valence electrons. The lowest BCUT2D eigenvalue weighted by Gasteiger charge is -2.09. The maximum Gasteiger partial charge on any atom is 0.416 e. The van der Waals surface area contributed by atoms with E-state index in [1.165, 1.54) is 12.1 Å². The Morgan fingerprint density at radius 3 is 2.62 bits per heavy atom. The highest BCUT2D eigenvalue weighted by molar-refractivity contribution is 7.99. The summed E-state index contributed by atoms with van der Waals surface area (Å²) in [5, 5.41) is 13.9. The van der Waals surface area contributed by atoms with Gasteiger partial charge >= 0.3 is 6.18 Å². The van der Waals surface area contributed by atoms with Crippen LogP contribution in [0.4, 0.5) is 18.9 Å². The monoisotopic (exact) mass is 379 g/mol. The van der Waals surface area contributed by atoms with Crippen molar-refractivity contribution in [2.24, 2.45) is 0 Å². The van der Waals surface area contributed by atoms with E-state index in [0.717, 1.165) is 28.6 Å². The number of nitrogens with one attached hydrogen (secondary N) is 1. The van der Waals surface area contributed by atoms with Gasteiger partial charge in [0.15, 0.2) is 0 Å². The summed E-state index contributed by atoms with van der Waals surface area (Å²) in [6.45, 7) is 0. The van der Waals surface area contributed by atoms with Gasteiger partial charge in [0, 0.05) is 5.69 Å². The number of carbonyl (C=O) groups is 1. The van der Waals surface area contributed by atoms with Gasteiger partial charge in [-0.2, -0.15) is 17.9 Å². The van der Waals surface area contributed by atoms with Crippen molar-refractivity contribution < 1.29 is 18.0 Å². The Labute approximate surface area is 150 Å². The number of hydrogen-bond donors (Lipinski definition) is 1. The fourth-order valence-electron chi connectivity index (χ4n) is 2.09. The molecule has 0 aliphatic carbocycles. The van der Waals surface area contributed by atoms with Crippen LogP contribution in [0.15, 0.2) is 59.8 Å². The summed E-state index contributed by atoms with van der Waals surface area (Å²) in [6, 6.07) is 13.5. The topological polar surface area (TPSA) is 72.7 Å². The third-order valence-corrected chi connectivity index (χ3v) is 4.17. The zero-order valence-corrected chi connectivity index (χ0v) is 14.0. The number of hydrogen-bond acceptors (Lipinski definition) is 5. The molecule has 0 radical (unpaired) electrons. The molecule has 0 fully saturated rings. The summed E-state index contributed by atoms with van der Waals surface area (Å²) in [5.41, 5.74) is 0.00892. The van der Waals surface area contributed by atoms with Gasteiger partial charge in [-0.3, -0.25) is 4.79 Å². The Kier molecular flexibility index (Phi) is 5.21. The Morgan fingerprint density at radius 1 is 1.12 bits per heavy atom. The zero-order chi connectivity index (χ0) is 18.6. The average molecular weight is 379 g/mol. The predicted molar refractivity (Wildman–Crippen MR) is 90.0 cm³/mol. The third kappa shape index (κ3) is 4.39. The quantitative estimate of drug-likeness (QED) is 0.688. The summed E-state index contributed by atoms with van der Waals surface area (Å²) < 4.78 is 39.7. The van der Waals surface area contributed by atoms with E-state index in [1.807, 2.05) is 6.07 Å². The van der Waals surface area contributed by atoms with Crippen LogP contribution in [0.3, 0.4) is 0 Å². The van der Waals surface area contributed by atoms with Crippen molar-refractivity contribution in [3.8, 4) is 5.69 Å². The predicted octanol–water partition coefficient (Wildman–Crippen LogP) is 3.41. The minimum atomic E-state index is -4.47. The molecule has 26 heavy (non-hydrogen) atoms. The van der Waals surface area contributed by atoms with Gasteiger partial charge in [0.2, 0.25) is 11.1 Å². The molecule has 0 saturated carbocycles. The SMILES string of the molecule is O=C(CSc1nnnn1-c1cccc(C(F)(F)F)c1)Nc1ccccc1. The minimum Gasteiger partial charge on any atom is -0.325 e. The second-order valence-electron chi connectivity index (χ2n) is 5.12. The first-order valence-electron chi connectivity index (χ1n) is 7.37. The number of benzene rings is 2. The standard InChI is InChI=1S/C16H12F3N5OS/c17-16(18,19)11-5-4-8-13(9-11)24-15(21-22-23-24)26-10-14(25)20-12-6-2-1-3-7-12/h1-9H,10H2,(H,20,25).